The Balaban J connectivity index is 1.86. The molecule has 1 heterocycles. The highest BCUT2D eigenvalue weighted by Gasteiger charge is 2.12. The first-order chi connectivity index (χ1) is 7.75. The number of morpholine rings is 1. The molecule has 1 fully saturated rings. The van der Waals surface area contributed by atoms with Crippen molar-refractivity contribution < 1.29 is 9.13 Å². The molecule has 88 valence electrons. The SMILES string of the molecule is Cc1cc(NCC2CNCCO2)ccc1F. The monoisotopic (exact) mass is 224 g/mol. The number of aryl methyl sites for hydroxylation is 1. The topological polar surface area (TPSA) is 33.3 Å². The Hall–Kier alpha value is -1.13. The van der Waals surface area contributed by atoms with Crippen molar-refractivity contribution in [2.75, 3.05) is 31.6 Å². The Morgan fingerprint density at radius 2 is 2.44 bits per heavy atom. The van der Waals surface area contributed by atoms with Crippen LogP contribution in [0.2, 0.25) is 0 Å². The van der Waals surface area contributed by atoms with E-state index in [1.165, 1.54) is 6.07 Å². The molecule has 0 saturated carbocycles. The molecule has 0 aromatic heterocycles. The van der Waals surface area contributed by atoms with E-state index in [1.54, 1.807) is 13.0 Å². The van der Waals surface area contributed by atoms with Gasteiger partial charge in [0.05, 0.1) is 12.7 Å². The van der Waals surface area contributed by atoms with Gasteiger partial charge >= 0.3 is 0 Å². The fraction of sp³-hybridized carbons (Fsp3) is 0.500. The third kappa shape index (κ3) is 2.93. The summed E-state index contributed by atoms with van der Waals surface area (Å²) in [6.07, 6.45) is 0.194. The van der Waals surface area contributed by atoms with Crippen LogP contribution in [0.3, 0.4) is 0 Å². The standard InChI is InChI=1S/C12H17FN2O/c1-9-6-10(2-3-12(9)13)15-8-11-7-14-4-5-16-11/h2-3,6,11,14-15H,4-5,7-8H2,1H3. The van der Waals surface area contributed by atoms with Gasteiger partial charge in [-0.25, -0.2) is 4.39 Å². The van der Waals surface area contributed by atoms with Gasteiger partial charge in [-0.3, -0.25) is 0 Å². The van der Waals surface area contributed by atoms with Gasteiger partial charge in [-0.2, -0.15) is 0 Å². The van der Waals surface area contributed by atoms with Gasteiger partial charge in [0.1, 0.15) is 5.82 Å². The molecule has 4 heteroatoms. The lowest BCUT2D eigenvalue weighted by Gasteiger charge is -2.24. The molecule has 1 aliphatic heterocycles. The number of benzene rings is 1. The highest BCUT2D eigenvalue weighted by atomic mass is 19.1. The first-order valence-electron chi connectivity index (χ1n) is 5.58. The van der Waals surface area contributed by atoms with Crippen molar-refractivity contribution in [1.82, 2.24) is 5.32 Å². The second-order valence-corrected chi connectivity index (χ2v) is 4.04. The molecule has 1 unspecified atom stereocenters. The van der Waals surface area contributed by atoms with Gasteiger partial charge in [0, 0.05) is 25.3 Å². The van der Waals surface area contributed by atoms with Crippen LogP contribution in [0, 0.1) is 12.7 Å². The third-order valence-corrected chi connectivity index (χ3v) is 2.70. The number of hydrogen-bond donors (Lipinski definition) is 2. The zero-order valence-electron chi connectivity index (χ0n) is 9.42. The van der Waals surface area contributed by atoms with Crippen LogP contribution in [0.25, 0.3) is 0 Å². The van der Waals surface area contributed by atoms with Gasteiger partial charge in [-0.1, -0.05) is 0 Å². The van der Waals surface area contributed by atoms with E-state index in [1.807, 2.05) is 6.07 Å². The maximum absolute atomic E-state index is 13.0. The molecular formula is C12H17FN2O. The quantitative estimate of drug-likeness (QED) is 0.817. The normalized spacial score (nSPS) is 20.8. The molecule has 0 amide bonds. The van der Waals surface area contributed by atoms with Crippen molar-refractivity contribution in [3.05, 3.63) is 29.6 Å². The van der Waals surface area contributed by atoms with E-state index < -0.39 is 0 Å². The average Bonchev–Trinajstić information content (AvgIpc) is 2.32. The highest BCUT2D eigenvalue weighted by molar-refractivity contribution is 5.45. The Morgan fingerprint density at radius 3 is 3.12 bits per heavy atom. The molecule has 0 bridgehead atoms. The molecule has 0 spiro atoms. The van der Waals surface area contributed by atoms with Crippen LogP contribution in [0.4, 0.5) is 10.1 Å². The second-order valence-electron chi connectivity index (χ2n) is 4.04. The molecule has 1 aromatic carbocycles. The Labute approximate surface area is 95.0 Å². The Bertz CT molecular complexity index is 351. The molecule has 16 heavy (non-hydrogen) atoms. The maximum atomic E-state index is 13.0. The zero-order valence-corrected chi connectivity index (χ0v) is 9.42. The summed E-state index contributed by atoms with van der Waals surface area (Å²) in [7, 11) is 0. The van der Waals surface area contributed by atoms with Gasteiger partial charge in [-0.05, 0) is 30.7 Å². The van der Waals surface area contributed by atoms with E-state index in [-0.39, 0.29) is 11.9 Å². The van der Waals surface area contributed by atoms with Crippen molar-refractivity contribution in [3.8, 4) is 0 Å². The number of hydrogen-bond acceptors (Lipinski definition) is 3. The number of rotatable bonds is 3. The van der Waals surface area contributed by atoms with E-state index in [0.717, 1.165) is 31.9 Å². The molecule has 1 aromatic rings. The van der Waals surface area contributed by atoms with Crippen LogP contribution in [0.15, 0.2) is 18.2 Å². The van der Waals surface area contributed by atoms with Gasteiger partial charge in [0.15, 0.2) is 0 Å². The van der Waals surface area contributed by atoms with Gasteiger partial charge in [-0.15, -0.1) is 0 Å². The van der Waals surface area contributed by atoms with Gasteiger partial charge in [0.25, 0.3) is 0 Å². The van der Waals surface area contributed by atoms with Crippen LogP contribution < -0.4 is 10.6 Å². The van der Waals surface area contributed by atoms with Crippen molar-refractivity contribution >= 4 is 5.69 Å². The molecule has 3 nitrogen and oxygen atoms in total. The summed E-state index contributed by atoms with van der Waals surface area (Å²) in [5.41, 5.74) is 1.60. The lowest BCUT2D eigenvalue weighted by Crippen LogP contribution is -2.42. The predicted molar refractivity (Wildman–Crippen MR) is 62.2 cm³/mol. The van der Waals surface area contributed by atoms with E-state index in [2.05, 4.69) is 10.6 Å². The fourth-order valence-corrected chi connectivity index (χ4v) is 1.74. The van der Waals surface area contributed by atoms with Crippen LogP contribution in [0.5, 0.6) is 0 Å². The highest BCUT2D eigenvalue weighted by Crippen LogP contribution is 2.13. The van der Waals surface area contributed by atoms with Crippen LogP contribution in [-0.4, -0.2) is 32.3 Å². The predicted octanol–water partition coefficient (Wildman–Crippen LogP) is 1.53. The molecule has 1 aliphatic rings. The number of anilines is 1. The Kier molecular flexibility index (Phi) is 3.74. The van der Waals surface area contributed by atoms with Gasteiger partial charge < -0.3 is 15.4 Å². The summed E-state index contributed by atoms with van der Waals surface area (Å²) in [6, 6.07) is 5.04. The molecule has 0 radical (unpaired) electrons. The van der Waals surface area contributed by atoms with E-state index >= 15 is 0 Å². The second kappa shape index (κ2) is 5.27. The van der Waals surface area contributed by atoms with Crippen LogP contribution >= 0.6 is 0 Å². The summed E-state index contributed by atoms with van der Waals surface area (Å²) in [4.78, 5) is 0. The first-order valence-corrected chi connectivity index (χ1v) is 5.58. The molecule has 2 rings (SSSR count). The minimum absolute atomic E-state index is 0.166. The smallest absolute Gasteiger partial charge is 0.126 e. The van der Waals surface area contributed by atoms with Crippen molar-refractivity contribution in [2.45, 2.75) is 13.0 Å². The van der Waals surface area contributed by atoms with E-state index in [4.69, 9.17) is 4.74 Å². The van der Waals surface area contributed by atoms with Crippen LogP contribution in [-0.2, 0) is 4.74 Å². The van der Waals surface area contributed by atoms with Crippen LogP contribution in [0.1, 0.15) is 5.56 Å². The first kappa shape index (κ1) is 11.4. The van der Waals surface area contributed by atoms with Gasteiger partial charge in [0.2, 0.25) is 0 Å². The molecule has 1 atom stereocenters. The minimum atomic E-state index is -0.166. The van der Waals surface area contributed by atoms with E-state index in [0.29, 0.717) is 5.56 Å². The third-order valence-electron chi connectivity index (χ3n) is 2.70. The van der Waals surface area contributed by atoms with Crippen molar-refractivity contribution in [3.63, 3.8) is 0 Å². The lowest BCUT2D eigenvalue weighted by molar-refractivity contribution is 0.0372. The maximum Gasteiger partial charge on any atom is 0.126 e. The largest absolute Gasteiger partial charge is 0.382 e. The summed E-state index contributed by atoms with van der Waals surface area (Å²) < 4.78 is 18.6. The molecule has 2 N–H and O–H groups in total. The zero-order chi connectivity index (χ0) is 11.4. The lowest BCUT2D eigenvalue weighted by atomic mass is 10.2. The molecule has 0 aliphatic carbocycles. The van der Waals surface area contributed by atoms with Crippen molar-refractivity contribution in [2.24, 2.45) is 0 Å². The number of ether oxygens (including phenoxy) is 1. The minimum Gasteiger partial charge on any atom is -0.382 e. The Morgan fingerprint density at radius 1 is 1.56 bits per heavy atom. The summed E-state index contributed by atoms with van der Waals surface area (Å²) in [5, 5.41) is 6.52. The summed E-state index contributed by atoms with van der Waals surface area (Å²) in [5.74, 6) is -0.166. The van der Waals surface area contributed by atoms with Crippen molar-refractivity contribution in [1.29, 1.82) is 0 Å². The summed E-state index contributed by atoms with van der Waals surface area (Å²) in [6.45, 7) is 5.06. The molecule has 1 saturated heterocycles. The molecular weight excluding hydrogens is 207 g/mol. The van der Waals surface area contributed by atoms with E-state index in [9.17, 15) is 4.39 Å². The number of halogens is 1. The number of nitrogens with one attached hydrogen (secondary N) is 2. The fourth-order valence-electron chi connectivity index (χ4n) is 1.74. The average molecular weight is 224 g/mol. The summed E-state index contributed by atoms with van der Waals surface area (Å²) >= 11 is 0.